The average molecular weight is 627 g/mol. The Morgan fingerprint density at radius 2 is 1.55 bits per heavy atom. The molecular weight excluding hydrogens is 592 g/mol. The summed E-state index contributed by atoms with van der Waals surface area (Å²) in [6.07, 6.45) is -1.82. The van der Waals surface area contributed by atoms with Crippen LogP contribution in [0, 0.1) is 0 Å². The van der Waals surface area contributed by atoms with Crippen LogP contribution in [-0.2, 0) is 30.3 Å². The fourth-order valence-corrected chi connectivity index (χ4v) is 4.50. The number of carbonyl (C=O) groups excluding carboxylic acids is 4. The smallest absolute Gasteiger partial charge is 0.414 e. The van der Waals surface area contributed by atoms with E-state index in [1.807, 2.05) is 0 Å². The number of anilines is 3. The number of nitrogens with zero attached hydrogens (tertiary/aromatic N) is 3. The molecule has 42 heavy (non-hydrogen) atoms. The molecule has 1 aromatic carbocycles. The number of esters is 1. The molecule has 3 amide bonds. The van der Waals surface area contributed by atoms with Crippen LogP contribution in [0.2, 0.25) is 0 Å². The van der Waals surface area contributed by atoms with Gasteiger partial charge >= 0.3 is 18.2 Å². The molecule has 0 saturated heterocycles. The van der Waals surface area contributed by atoms with E-state index < -0.39 is 53.1 Å². The molecule has 0 aliphatic rings. The number of thiazole rings is 1. The minimum atomic E-state index is -2.56. The second-order valence-electron chi connectivity index (χ2n) is 10.3. The lowest BCUT2D eigenvalue weighted by atomic mass is 10.2. The zero-order chi connectivity index (χ0) is 31.7. The molecule has 1 aromatic heterocycles. The van der Waals surface area contributed by atoms with Crippen molar-refractivity contribution in [2.24, 2.45) is 4.99 Å². The molecule has 0 aliphatic carbocycles. The summed E-state index contributed by atoms with van der Waals surface area (Å²) in [5.41, 5.74) is 0.105. The van der Waals surface area contributed by atoms with Crippen molar-refractivity contribution in [3.05, 3.63) is 35.5 Å². The van der Waals surface area contributed by atoms with Gasteiger partial charge in [-0.1, -0.05) is 0 Å². The Morgan fingerprint density at radius 3 is 2.02 bits per heavy atom. The fourth-order valence-electron chi connectivity index (χ4n) is 2.94. The fraction of sp³-hybridized carbons (Fsp3) is 0.440. The predicted molar refractivity (Wildman–Crippen MR) is 157 cm³/mol. The summed E-state index contributed by atoms with van der Waals surface area (Å²) in [6, 6.07) is 5.81. The number of ether oxygens (including phenoxy) is 3. The second-order valence-corrected chi connectivity index (χ2v) is 11.9. The lowest BCUT2D eigenvalue weighted by Crippen LogP contribution is -2.47. The topological polar surface area (TPSA) is 198 Å². The Bertz CT molecular complexity index is 1300. The first-order chi connectivity index (χ1) is 19.5. The van der Waals surface area contributed by atoms with Gasteiger partial charge in [0, 0.05) is 5.69 Å². The average Bonchev–Trinajstić information content (AvgIpc) is 3.30. The molecule has 0 spiro atoms. The molecular formula is C25H34N6O9S2. The normalized spacial score (nSPS) is 11.9. The number of guanidine groups is 1. The van der Waals surface area contributed by atoms with Gasteiger partial charge in [0.05, 0.1) is 17.8 Å². The summed E-state index contributed by atoms with van der Waals surface area (Å²) < 4.78 is 38.3. The highest BCUT2D eigenvalue weighted by Crippen LogP contribution is 2.34. The van der Waals surface area contributed by atoms with Gasteiger partial charge in [-0.25, -0.2) is 32.9 Å². The highest BCUT2D eigenvalue weighted by Gasteiger charge is 2.26. The molecule has 1 unspecified atom stereocenters. The van der Waals surface area contributed by atoms with E-state index in [0.29, 0.717) is 5.69 Å². The van der Waals surface area contributed by atoms with Crippen LogP contribution in [0.15, 0.2) is 34.8 Å². The van der Waals surface area contributed by atoms with Crippen molar-refractivity contribution < 1.29 is 42.2 Å². The minimum Gasteiger partial charge on any atom is -0.461 e. The standard InChI is InChI=1S/C25H34N6O9S2/c1-8-38-20(33)18-19(41-14-27-18)31(42(36)37)16-11-9-15(10-12-16)28-17(32)13-26-21(29-22(34)39-24(2,3)4)30-23(35)40-25(5,6)7/h9-12,14H,8,13H2,1-7H3,(H,28,32)(H,36,37)(H2,26,29,30,34,35). The third-order valence-corrected chi connectivity index (χ3v) is 5.99. The largest absolute Gasteiger partial charge is 0.461 e. The van der Waals surface area contributed by atoms with E-state index in [-0.39, 0.29) is 28.9 Å². The number of nitrogens with one attached hydrogen (secondary N) is 3. The van der Waals surface area contributed by atoms with Crippen molar-refractivity contribution >= 4 is 69.0 Å². The van der Waals surface area contributed by atoms with E-state index in [1.54, 1.807) is 48.5 Å². The Morgan fingerprint density at radius 1 is 1.00 bits per heavy atom. The molecule has 2 rings (SSSR count). The van der Waals surface area contributed by atoms with E-state index in [4.69, 9.17) is 14.2 Å². The maximum atomic E-state index is 12.6. The summed E-state index contributed by atoms with van der Waals surface area (Å²) >= 11 is -1.59. The zero-order valence-corrected chi connectivity index (χ0v) is 25.8. The van der Waals surface area contributed by atoms with Crippen LogP contribution in [0.5, 0.6) is 0 Å². The van der Waals surface area contributed by atoms with E-state index in [1.165, 1.54) is 29.8 Å². The van der Waals surface area contributed by atoms with Crippen molar-refractivity contribution in [2.75, 3.05) is 22.8 Å². The number of aliphatic imine (C=N–C) groups is 1. The highest BCUT2D eigenvalue weighted by molar-refractivity contribution is 7.81. The van der Waals surface area contributed by atoms with Crippen LogP contribution in [0.1, 0.15) is 59.0 Å². The molecule has 15 nitrogen and oxygen atoms in total. The van der Waals surface area contributed by atoms with Crippen LogP contribution in [0.25, 0.3) is 0 Å². The van der Waals surface area contributed by atoms with Crippen LogP contribution in [0.4, 0.5) is 26.0 Å². The second kappa shape index (κ2) is 14.7. The van der Waals surface area contributed by atoms with E-state index in [2.05, 4.69) is 25.9 Å². The summed E-state index contributed by atoms with van der Waals surface area (Å²) in [6.45, 7) is 11.1. The Hall–Kier alpha value is -4.09. The number of benzene rings is 1. The maximum Gasteiger partial charge on any atom is 0.414 e. The van der Waals surface area contributed by atoms with Crippen molar-refractivity contribution in [3.8, 4) is 0 Å². The predicted octanol–water partition coefficient (Wildman–Crippen LogP) is 3.94. The number of hydrogen-bond acceptors (Lipinski definition) is 11. The van der Waals surface area contributed by atoms with Gasteiger partial charge in [0.25, 0.3) is 11.3 Å². The van der Waals surface area contributed by atoms with Gasteiger partial charge < -0.3 is 19.5 Å². The van der Waals surface area contributed by atoms with E-state index in [9.17, 15) is 27.9 Å². The summed E-state index contributed by atoms with van der Waals surface area (Å²) in [5.74, 6) is -1.73. The van der Waals surface area contributed by atoms with Gasteiger partial charge in [-0.3, -0.25) is 20.0 Å². The molecule has 17 heteroatoms. The van der Waals surface area contributed by atoms with Gasteiger partial charge in [-0.2, -0.15) is 0 Å². The number of amides is 3. The van der Waals surface area contributed by atoms with Gasteiger partial charge in [0.15, 0.2) is 5.69 Å². The van der Waals surface area contributed by atoms with Crippen LogP contribution >= 0.6 is 11.3 Å². The van der Waals surface area contributed by atoms with Gasteiger partial charge in [0.1, 0.15) is 22.7 Å². The number of aromatic nitrogens is 1. The third kappa shape index (κ3) is 11.4. The summed E-state index contributed by atoms with van der Waals surface area (Å²) in [7, 11) is 0. The van der Waals surface area contributed by atoms with Crippen LogP contribution in [0.3, 0.4) is 0 Å². The molecule has 0 fully saturated rings. The minimum absolute atomic E-state index is 0.0999. The van der Waals surface area contributed by atoms with E-state index in [0.717, 1.165) is 15.6 Å². The Kier molecular flexibility index (Phi) is 11.9. The van der Waals surface area contributed by atoms with Crippen molar-refractivity contribution in [2.45, 2.75) is 59.7 Å². The molecule has 0 radical (unpaired) electrons. The molecule has 0 saturated carbocycles. The van der Waals surface area contributed by atoms with Crippen molar-refractivity contribution in [3.63, 3.8) is 0 Å². The monoisotopic (exact) mass is 626 g/mol. The molecule has 4 N–H and O–H groups in total. The first-order valence-electron chi connectivity index (χ1n) is 12.4. The van der Waals surface area contributed by atoms with Gasteiger partial charge in [-0.15, -0.1) is 11.3 Å². The SMILES string of the molecule is CCOC(=O)c1ncsc1N(c1ccc(NC(=O)CN=C(NC(=O)OC(C)(C)C)NC(=O)OC(C)(C)C)cc1)S(=O)O. The first kappa shape index (κ1) is 34.1. The molecule has 1 atom stereocenters. The van der Waals surface area contributed by atoms with Crippen LogP contribution in [-0.4, -0.2) is 68.1 Å². The number of rotatable bonds is 8. The molecule has 1 heterocycles. The summed E-state index contributed by atoms with van der Waals surface area (Å²) in [5, 5.41) is 7.23. The number of hydrogen-bond donors (Lipinski definition) is 4. The molecule has 0 bridgehead atoms. The molecule has 0 aliphatic heterocycles. The lowest BCUT2D eigenvalue weighted by Gasteiger charge is -2.22. The first-order valence-corrected chi connectivity index (χ1v) is 14.4. The third-order valence-electron chi connectivity index (χ3n) is 4.36. The number of carbonyl (C=O) groups is 4. The lowest BCUT2D eigenvalue weighted by molar-refractivity contribution is -0.114. The highest BCUT2D eigenvalue weighted by atomic mass is 32.2. The molecule has 230 valence electrons. The summed E-state index contributed by atoms with van der Waals surface area (Å²) in [4.78, 5) is 57.1. The van der Waals surface area contributed by atoms with Gasteiger partial charge in [0.2, 0.25) is 11.9 Å². The Balaban J connectivity index is 2.16. The number of alkyl carbamates (subject to hydrolysis) is 2. The maximum absolute atomic E-state index is 12.6. The quantitative estimate of drug-likeness (QED) is 0.109. The van der Waals surface area contributed by atoms with Gasteiger partial charge in [-0.05, 0) is 72.7 Å². The van der Waals surface area contributed by atoms with E-state index >= 15 is 0 Å². The Labute approximate surface area is 249 Å². The molecule has 2 aromatic rings. The van der Waals surface area contributed by atoms with Crippen molar-refractivity contribution in [1.82, 2.24) is 15.6 Å². The van der Waals surface area contributed by atoms with Crippen molar-refractivity contribution in [1.29, 1.82) is 0 Å². The van der Waals surface area contributed by atoms with Crippen LogP contribution < -0.4 is 20.3 Å². The zero-order valence-electron chi connectivity index (χ0n) is 24.2.